The molecule has 1 atom stereocenters. The van der Waals surface area contributed by atoms with E-state index in [9.17, 15) is 10.0 Å². The summed E-state index contributed by atoms with van der Waals surface area (Å²) in [6.07, 6.45) is 6.54. The second-order valence-corrected chi connectivity index (χ2v) is 6.24. The molecule has 23 heavy (non-hydrogen) atoms. The van der Waals surface area contributed by atoms with E-state index >= 15 is 0 Å². The van der Waals surface area contributed by atoms with Gasteiger partial charge in [0.15, 0.2) is 5.78 Å². The summed E-state index contributed by atoms with van der Waals surface area (Å²) in [6.45, 7) is 4.15. The van der Waals surface area contributed by atoms with E-state index in [-0.39, 0.29) is 5.78 Å². The molecule has 1 aliphatic carbocycles. The summed E-state index contributed by atoms with van der Waals surface area (Å²) in [5.41, 5.74) is 4.11. The Balaban J connectivity index is 1.98. The van der Waals surface area contributed by atoms with Crippen molar-refractivity contribution in [2.24, 2.45) is 16.1 Å². The first-order valence-corrected chi connectivity index (χ1v) is 7.89. The minimum atomic E-state index is 0.00279. The van der Waals surface area contributed by atoms with E-state index < -0.39 is 0 Å². The third kappa shape index (κ3) is 2.89. The first kappa shape index (κ1) is 15.4. The van der Waals surface area contributed by atoms with E-state index in [4.69, 9.17) is 0 Å². The van der Waals surface area contributed by atoms with Crippen LogP contribution in [0.2, 0.25) is 0 Å². The second-order valence-electron chi connectivity index (χ2n) is 6.24. The van der Waals surface area contributed by atoms with Crippen LogP contribution in [0.3, 0.4) is 0 Å². The van der Waals surface area contributed by atoms with Crippen LogP contribution >= 0.6 is 0 Å². The van der Waals surface area contributed by atoms with Crippen molar-refractivity contribution in [2.75, 3.05) is 0 Å². The standard InChI is InChI=1S/C19H20N2O2/c1-12(2)7-8-13-9-10-16-17(20-11-13)18(21-23)14-5-3-4-6-15(14)19(16)22/h3-7,11,13,23H,8-10H2,1-2H3/b21-18+. The van der Waals surface area contributed by atoms with Crippen LogP contribution in [0.5, 0.6) is 0 Å². The first-order chi connectivity index (χ1) is 11.1. The van der Waals surface area contributed by atoms with Crippen LogP contribution in [0.4, 0.5) is 0 Å². The number of allylic oxidation sites excluding steroid dienone is 4. The van der Waals surface area contributed by atoms with Crippen molar-refractivity contribution < 1.29 is 10.0 Å². The molecule has 1 heterocycles. The van der Waals surface area contributed by atoms with E-state index in [1.165, 1.54) is 5.57 Å². The molecule has 0 saturated heterocycles. The van der Waals surface area contributed by atoms with Gasteiger partial charge in [-0.3, -0.25) is 9.79 Å². The maximum Gasteiger partial charge on any atom is 0.191 e. The van der Waals surface area contributed by atoms with E-state index in [2.05, 4.69) is 30.1 Å². The third-order valence-electron chi connectivity index (χ3n) is 4.32. The van der Waals surface area contributed by atoms with Crippen LogP contribution in [0.15, 0.2) is 57.3 Å². The zero-order valence-electron chi connectivity index (χ0n) is 13.4. The van der Waals surface area contributed by atoms with Gasteiger partial charge in [0.1, 0.15) is 5.71 Å². The molecule has 2 aliphatic rings. The fourth-order valence-corrected chi connectivity index (χ4v) is 3.05. The zero-order chi connectivity index (χ0) is 16.4. The van der Waals surface area contributed by atoms with Gasteiger partial charge in [-0.1, -0.05) is 41.1 Å². The van der Waals surface area contributed by atoms with Gasteiger partial charge in [-0.05, 0) is 39.0 Å². The Kier molecular flexibility index (Phi) is 4.24. The molecular formula is C19H20N2O2. The lowest BCUT2D eigenvalue weighted by atomic mass is 9.84. The molecular weight excluding hydrogens is 288 g/mol. The Hall–Kier alpha value is -2.49. The van der Waals surface area contributed by atoms with Gasteiger partial charge in [0.05, 0.1) is 5.70 Å². The number of rotatable bonds is 2. The Morgan fingerprint density at radius 2 is 2.09 bits per heavy atom. The van der Waals surface area contributed by atoms with Gasteiger partial charge in [0.25, 0.3) is 0 Å². The highest BCUT2D eigenvalue weighted by Gasteiger charge is 2.32. The summed E-state index contributed by atoms with van der Waals surface area (Å²) < 4.78 is 0. The molecule has 4 nitrogen and oxygen atoms in total. The Bertz CT molecular complexity index is 765. The highest BCUT2D eigenvalue weighted by molar-refractivity contribution is 6.28. The van der Waals surface area contributed by atoms with Crippen molar-refractivity contribution >= 4 is 17.7 Å². The number of fused-ring (bicyclic) bond motifs is 1. The molecule has 0 radical (unpaired) electrons. The zero-order valence-corrected chi connectivity index (χ0v) is 13.4. The van der Waals surface area contributed by atoms with Gasteiger partial charge in [-0.15, -0.1) is 0 Å². The average Bonchev–Trinajstić information content (AvgIpc) is 2.77. The molecule has 0 spiro atoms. The number of hydrogen-bond donors (Lipinski definition) is 1. The predicted octanol–water partition coefficient (Wildman–Crippen LogP) is 4.15. The maximum atomic E-state index is 12.8. The topological polar surface area (TPSA) is 62.0 Å². The summed E-state index contributed by atoms with van der Waals surface area (Å²) in [7, 11) is 0. The summed E-state index contributed by atoms with van der Waals surface area (Å²) in [4.78, 5) is 17.3. The molecule has 0 fully saturated rings. The quantitative estimate of drug-likeness (QED) is 0.507. The fourth-order valence-electron chi connectivity index (χ4n) is 3.05. The highest BCUT2D eigenvalue weighted by Crippen LogP contribution is 2.33. The molecule has 1 aromatic carbocycles. The van der Waals surface area contributed by atoms with Crippen LogP contribution in [0.1, 0.15) is 49.0 Å². The Morgan fingerprint density at radius 3 is 2.78 bits per heavy atom. The van der Waals surface area contributed by atoms with Gasteiger partial charge >= 0.3 is 0 Å². The number of aliphatic imine (C=N–C) groups is 1. The lowest BCUT2D eigenvalue weighted by Crippen LogP contribution is -2.21. The molecule has 1 aliphatic heterocycles. The fraction of sp³-hybridized carbons (Fsp3) is 0.316. The number of carbonyl (C=O) groups excluding carboxylic acids is 1. The molecule has 1 N–H and O–H groups in total. The number of benzene rings is 1. The second kappa shape index (κ2) is 6.32. The highest BCUT2D eigenvalue weighted by atomic mass is 16.4. The van der Waals surface area contributed by atoms with Gasteiger partial charge in [-0.2, -0.15) is 0 Å². The number of Topliss-reactive ketones (excluding diaryl/α,β-unsaturated/α-hetero) is 1. The monoisotopic (exact) mass is 308 g/mol. The maximum absolute atomic E-state index is 12.8. The van der Waals surface area contributed by atoms with Crippen LogP contribution < -0.4 is 0 Å². The van der Waals surface area contributed by atoms with Crippen LogP contribution in [0.25, 0.3) is 0 Å². The predicted molar refractivity (Wildman–Crippen MR) is 91.4 cm³/mol. The van der Waals surface area contributed by atoms with E-state index in [1.54, 1.807) is 12.1 Å². The van der Waals surface area contributed by atoms with Crippen molar-refractivity contribution in [2.45, 2.75) is 33.1 Å². The molecule has 4 heteroatoms. The van der Waals surface area contributed by atoms with Gasteiger partial charge in [0.2, 0.25) is 0 Å². The van der Waals surface area contributed by atoms with Crippen molar-refractivity contribution in [1.82, 2.24) is 0 Å². The summed E-state index contributed by atoms with van der Waals surface area (Å²) in [6, 6.07) is 7.24. The summed E-state index contributed by atoms with van der Waals surface area (Å²) >= 11 is 0. The number of hydrogen-bond acceptors (Lipinski definition) is 4. The van der Waals surface area contributed by atoms with Crippen LogP contribution in [-0.2, 0) is 0 Å². The van der Waals surface area contributed by atoms with E-state index in [1.807, 2.05) is 18.3 Å². The molecule has 1 aromatic rings. The molecule has 118 valence electrons. The minimum Gasteiger partial charge on any atom is -0.410 e. The number of nitrogens with zero attached hydrogens (tertiary/aromatic N) is 2. The first-order valence-electron chi connectivity index (χ1n) is 7.89. The van der Waals surface area contributed by atoms with Gasteiger partial charge in [-0.25, -0.2) is 0 Å². The van der Waals surface area contributed by atoms with Crippen molar-refractivity contribution in [3.63, 3.8) is 0 Å². The molecule has 1 unspecified atom stereocenters. The molecule has 3 rings (SSSR count). The van der Waals surface area contributed by atoms with Gasteiger partial charge in [0, 0.05) is 22.9 Å². The third-order valence-corrected chi connectivity index (χ3v) is 4.32. The Labute approximate surface area is 135 Å². The molecule has 0 bridgehead atoms. The Morgan fingerprint density at radius 1 is 1.35 bits per heavy atom. The van der Waals surface area contributed by atoms with Crippen LogP contribution in [-0.4, -0.2) is 22.9 Å². The van der Waals surface area contributed by atoms with E-state index in [0.29, 0.717) is 40.4 Å². The summed E-state index contributed by atoms with van der Waals surface area (Å²) in [5.74, 6) is 0.300. The number of carbonyl (C=O) groups is 1. The van der Waals surface area contributed by atoms with E-state index in [0.717, 1.165) is 12.8 Å². The van der Waals surface area contributed by atoms with Gasteiger partial charge < -0.3 is 5.21 Å². The smallest absolute Gasteiger partial charge is 0.191 e. The number of ketones is 1. The van der Waals surface area contributed by atoms with Crippen molar-refractivity contribution in [1.29, 1.82) is 0 Å². The van der Waals surface area contributed by atoms with Crippen LogP contribution in [0, 0.1) is 5.92 Å². The molecule has 0 aromatic heterocycles. The lowest BCUT2D eigenvalue weighted by molar-refractivity contribution is 0.102. The average molecular weight is 308 g/mol. The van der Waals surface area contributed by atoms with Crippen molar-refractivity contribution in [3.8, 4) is 0 Å². The lowest BCUT2D eigenvalue weighted by Gasteiger charge is -2.19. The largest absolute Gasteiger partial charge is 0.410 e. The molecule has 0 saturated carbocycles. The minimum absolute atomic E-state index is 0.00279. The normalized spacial score (nSPS) is 21.7. The van der Waals surface area contributed by atoms with Crippen molar-refractivity contribution in [3.05, 3.63) is 58.3 Å². The molecule has 0 amide bonds. The number of oxime groups is 1. The summed E-state index contributed by atoms with van der Waals surface area (Å²) in [5, 5.41) is 12.9. The SMILES string of the molecule is CC(C)=CCC1C=NC2=C(CC1)C(=O)c1ccccc1/C2=N\O.